The third-order valence-electron chi connectivity index (χ3n) is 3.16. The van der Waals surface area contributed by atoms with E-state index in [1.807, 2.05) is 31.2 Å². The van der Waals surface area contributed by atoms with Crippen LogP contribution in [0, 0.1) is 11.3 Å². The first-order chi connectivity index (χ1) is 10.5. The highest BCUT2D eigenvalue weighted by atomic mass is 35.5. The van der Waals surface area contributed by atoms with Crippen LogP contribution in [-0.2, 0) is 11.3 Å². The Bertz CT molecular complexity index is 674. The van der Waals surface area contributed by atoms with Crippen LogP contribution in [0.3, 0.4) is 0 Å². The molecule has 5 nitrogen and oxygen atoms in total. The van der Waals surface area contributed by atoms with E-state index < -0.39 is 0 Å². The normalized spacial score (nSPS) is 11.9. The fraction of sp³-hybridized carbons (Fsp3) is 0.312. The Morgan fingerprint density at radius 3 is 2.64 bits per heavy atom. The van der Waals surface area contributed by atoms with E-state index >= 15 is 0 Å². The molecule has 22 heavy (non-hydrogen) atoms. The molecule has 0 aliphatic rings. The van der Waals surface area contributed by atoms with Gasteiger partial charge in [0.1, 0.15) is 17.9 Å². The molecule has 0 saturated carbocycles. The Hall–Kier alpha value is -2.16. The minimum Gasteiger partial charge on any atom is -0.472 e. The highest BCUT2D eigenvalue weighted by Crippen LogP contribution is 2.28. The van der Waals surface area contributed by atoms with E-state index in [0.717, 1.165) is 5.56 Å². The van der Waals surface area contributed by atoms with E-state index in [1.54, 1.807) is 17.7 Å². The van der Waals surface area contributed by atoms with Gasteiger partial charge in [-0.3, -0.25) is 4.57 Å². The van der Waals surface area contributed by atoms with Gasteiger partial charge in [0, 0.05) is 18.2 Å². The van der Waals surface area contributed by atoms with E-state index in [9.17, 15) is 5.26 Å². The summed E-state index contributed by atoms with van der Waals surface area (Å²) in [5.41, 5.74) is 7.87. The summed E-state index contributed by atoms with van der Waals surface area (Å²) in [5.74, 6) is 0.482. The fourth-order valence-corrected chi connectivity index (χ4v) is 2.29. The van der Waals surface area contributed by atoms with Gasteiger partial charge in [0.25, 0.3) is 0 Å². The molecule has 6 heteroatoms. The predicted molar refractivity (Wildman–Crippen MR) is 86.1 cm³/mol. The van der Waals surface area contributed by atoms with Crippen molar-refractivity contribution in [3.05, 3.63) is 46.6 Å². The van der Waals surface area contributed by atoms with Gasteiger partial charge < -0.3 is 15.2 Å². The summed E-state index contributed by atoms with van der Waals surface area (Å²) < 4.78 is 12.7. The number of methoxy groups -OCH3 is 1. The summed E-state index contributed by atoms with van der Waals surface area (Å²) >= 11 is 5.89. The van der Waals surface area contributed by atoms with E-state index in [1.165, 1.54) is 0 Å². The first-order valence-corrected chi connectivity index (χ1v) is 7.22. The Morgan fingerprint density at radius 2 is 2.05 bits per heavy atom. The lowest BCUT2D eigenvalue weighted by atomic mass is 10.2. The maximum Gasteiger partial charge on any atom is 0.219 e. The van der Waals surface area contributed by atoms with Gasteiger partial charge in [0.15, 0.2) is 0 Å². The molecule has 116 valence electrons. The van der Waals surface area contributed by atoms with Crippen molar-refractivity contribution in [2.75, 3.05) is 19.5 Å². The first-order valence-electron chi connectivity index (χ1n) is 6.84. The highest BCUT2D eigenvalue weighted by molar-refractivity contribution is 6.30. The molecule has 2 aromatic rings. The summed E-state index contributed by atoms with van der Waals surface area (Å²) in [5, 5.41) is 9.96. The molecule has 0 fully saturated rings. The number of hydrogen-bond acceptors (Lipinski definition) is 4. The van der Waals surface area contributed by atoms with Gasteiger partial charge in [-0.15, -0.1) is 0 Å². The van der Waals surface area contributed by atoms with Crippen LogP contribution in [0.15, 0.2) is 30.3 Å². The zero-order valence-corrected chi connectivity index (χ0v) is 13.3. The van der Waals surface area contributed by atoms with E-state index in [2.05, 4.69) is 6.07 Å². The Morgan fingerprint density at radius 1 is 1.36 bits per heavy atom. The van der Waals surface area contributed by atoms with Crippen molar-refractivity contribution in [1.82, 2.24) is 4.57 Å². The molecular formula is C16H18ClN3O2. The fourth-order valence-electron chi connectivity index (χ4n) is 2.17. The van der Waals surface area contributed by atoms with Gasteiger partial charge in [-0.2, -0.15) is 5.26 Å². The second-order valence-corrected chi connectivity index (χ2v) is 5.43. The lowest BCUT2D eigenvalue weighted by molar-refractivity contribution is 0.0869. The van der Waals surface area contributed by atoms with Crippen molar-refractivity contribution < 1.29 is 9.47 Å². The topological polar surface area (TPSA) is 73.2 Å². The molecule has 0 spiro atoms. The average molecular weight is 320 g/mol. The van der Waals surface area contributed by atoms with Crippen molar-refractivity contribution in [2.24, 2.45) is 0 Å². The summed E-state index contributed by atoms with van der Waals surface area (Å²) in [6, 6.07) is 11.2. The van der Waals surface area contributed by atoms with Crippen molar-refractivity contribution in [2.45, 2.75) is 19.6 Å². The number of nitrogens with two attached hydrogens (primary N) is 1. The number of anilines is 1. The van der Waals surface area contributed by atoms with Crippen molar-refractivity contribution in [1.29, 1.82) is 5.26 Å². The molecule has 0 bridgehead atoms. The summed E-state index contributed by atoms with van der Waals surface area (Å²) in [7, 11) is 1.61. The van der Waals surface area contributed by atoms with Crippen LogP contribution in [-0.4, -0.2) is 24.4 Å². The van der Waals surface area contributed by atoms with Gasteiger partial charge in [-0.05, 0) is 24.6 Å². The molecule has 0 amide bonds. The number of halogens is 1. The minimum absolute atomic E-state index is 0.169. The van der Waals surface area contributed by atoms with Crippen LogP contribution in [0.4, 0.5) is 5.69 Å². The Kier molecular flexibility index (Phi) is 5.31. The van der Waals surface area contributed by atoms with E-state index in [0.29, 0.717) is 35.4 Å². The summed E-state index contributed by atoms with van der Waals surface area (Å²) in [4.78, 5) is 0. The molecule has 0 saturated heterocycles. The number of nitrogen functional groups attached to an aromatic ring is 1. The average Bonchev–Trinajstić information content (AvgIpc) is 2.78. The smallest absolute Gasteiger partial charge is 0.219 e. The number of hydrogen-bond donors (Lipinski definition) is 1. The molecule has 1 atom stereocenters. The number of nitriles is 1. The van der Waals surface area contributed by atoms with Gasteiger partial charge in [0.2, 0.25) is 5.88 Å². The van der Waals surface area contributed by atoms with Crippen molar-refractivity contribution in [3.63, 3.8) is 0 Å². The predicted octanol–water partition coefficient (Wildman–Crippen LogP) is 3.06. The molecule has 0 aliphatic heterocycles. The zero-order chi connectivity index (χ0) is 16.1. The minimum atomic E-state index is -0.169. The third kappa shape index (κ3) is 3.73. The second kappa shape index (κ2) is 7.21. The lowest BCUT2D eigenvalue weighted by Crippen LogP contribution is -2.20. The third-order valence-corrected chi connectivity index (χ3v) is 3.41. The molecule has 0 unspecified atom stereocenters. The first kappa shape index (κ1) is 16.2. The quantitative estimate of drug-likeness (QED) is 0.888. The largest absolute Gasteiger partial charge is 0.472 e. The maximum absolute atomic E-state index is 9.29. The van der Waals surface area contributed by atoms with Crippen molar-refractivity contribution >= 4 is 17.3 Å². The molecule has 1 heterocycles. The molecule has 0 radical (unpaired) electrons. The van der Waals surface area contributed by atoms with Gasteiger partial charge >= 0.3 is 0 Å². The van der Waals surface area contributed by atoms with Gasteiger partial charge in [0.05, 0.1) is 18.8 Å². The molecule has 1 aromatic heterocycles. The van der Waals surface area contributed by atoms with Gasteiger partial charge in [-0.1, -0.05) is 23.7 Å². The maximum atomic E-state index is 9.29. The van der Waals surface area contributed by atoms with Crippen LogP contribution in [0.25, 0.3) is 0 Å². The van der Waals surface area contributed by atoms with E-state index in [-0.39, 0.29) is 6.10 Å². The monoisotopic (exact) mass is 319 g/mol. The standard InChI is InChI=1S/C16H18ClN3O2/c1-11(10-21-2)22-16-15(19)7-14(8-18)20(16)9-12-3-5-13(17)6-4-12/h3-7,11H,9-10,19H2,1-2H3/t11-/m1/s1. The number of aromatic nitrogens is 1. The van der Waals surface area contributed by atoms with Gasteiger partial charge in [-0.25, -0.2) is 0 Å². The summed E-state index contributed by atoms with van der Waals surface area (Å²) in [6.07, 6.45) is -0.169. The lowest BCUT2D eigenvalue weighted by Gasteiger charge is -2.17. The van der Waals surface area contributed by atoms with Crippen LogP contribution in [0.5, 0.6) is 5.88 Å². The molecule has 2 rings (SSSR count). The zero-order valence-electron chi connectivity index (χ0n) is 12.5. The molecule has 2 N–H and O–H groups in total. The van der Waals surface area contributed by atoms with Crippen molar-refractivity contribution in [3.8, 4) is 11.9 Å². The van der Waals surface area contributed by atoms with Crippen LogP contribution < -0.4 is 10.5 Å². The number of nitrogens with zero attached hydrogens (tertiary/aromatic N) is 2. The SMILES string of the molecule is COC[C@@H](C)Oc1c(N)cc(C#N)n1Cc1ccc(Cl)cc1. The Balaban J connectivity index is 2.31. The number of ether oxygens (including phenoxy) is 2. The number of rotatable bonds is 6. The van der Waals surface area contributed by atoms with Crippen LogP contribution in [0.2, 0.25) is 5.02 Å². The highest BCUT2D eigenvalue weighted by Gasteiger charge is 2.17. The van der Waals surface area contributed by atoms with Crippen LogP contribution >= 0.6 is 11.6 Å². The Labute approximate surface area is 134 Å². The van der Waals surface area contributed by atoms with E-state index in [4.69, 9.17) is 26.8 Å². The molecule has 0 aliphatic carbocycles. The van der Waals surface area contributed by atoms with Crippen LogP contribution in [0.1, 0.15) is 18.2 Å². The number of benzene rings is 1. The molecular weight excluding hydrogens is 302 g/mol. The molecule has 1 aromatic carbocycles. The summed E-state index contributed by atoms with van der Waals surface area (Å²) in [6.45, 7) is 2.80. The second-order valence-electron chi connectivity index (χ2n) is 5.00.